The predicted molar refractivity (Wildman–Crippen MR) is 66.5 cm³/mol. The lowest BCUT2D eigenvalue weighted by Crippen LogP contribution is -2.22. The van der Waals surface area contributed by atoms with Crippen molar-refractivity contribution in [3.63, 3.8) is 0 Å². The van der Waals surface area contributed by atoms with Gasteiger partial charge in [0.25, 0.3) is 5.91 Å². The van der Waals surface area contributed by atoms with Crippen LogP contribution in [0.3, 0.4) is 0 Å². The molecule has 1 aliphatic rings. The molecule has 5 nitrogen and oxygen atoms in total. The van der Waals surface area contributed by atoms with E-state index in [2.05, 4.69) is 10.5 Å². The standard InChI is InChI=1S/C13H14N2O3/c16-11-6-4-9(5-7-11)13(18)15-14-10-2-1-3-12(17)8-10/h4-7,16H,1-3,8H2,(H,15,18)/b14-10+. The Bertz CT molecular complexity index is 491. The van der Waals surface area contributed by atoms with Gasteiger partial charge in [-0.05, 0) is 37.1 Å². The molecule has 0 heterocycles. The van der Waals surface area contributed by atoms with E-state index in [0.717, 1.165) is 18.6 Å². The second kappa shape index (κ2) is 5.44. The summed E-state index contributed by atoms with van der Waals surface area (Å²) in [6.45, 7) is 0. The molecule has 0 bridgehead atoms. The minimum absolute atomic E-state index is 0.107. The van der Waals surface area contributed by atoms with Gasteiger partial charge in [-0.3, -0.25) is 9.59 Å². The van der Waals surface area contributed by atoms with Crippen molar-refractivity contribution in [2.75, 3.05) is 0 Å². The normalized spacial score (nSPS) is 17.8. The molecule has 2 rings (SSSR count). The van der Waals surface area contributed by atoms with Crippen LogP contribution in [-0.4, -0.2) is 22.5 Å². The number of nitrogens with zero attached hydrogens (tertiary/aromatic N) is 1. The van der Waals surface area contributed by atoms with Gasteiger partial charge in [-0.15, -0.1) is 0 Å². The van der Waals surface area contributed by atoms with Crippen molar-refractivity contribution in [3.05, 3.63) is 29.8 Å². The van der Waals surface area contributed by atoms with Gasteiger partial charge in [-0.1, -0.05) is 0 Å². The Morgan fingerprint density at radius 1 is 1.22 bits per heavy atom. The number of hydrogen-bond acceptors (Lipinski definition) is 4. The third-order valence-electron chi connectivity index (χ3n) is 2.77. The number of amides is 1. The van der Waals surface area contributed by atoms with E-state index >= 15 is 0 Å². The summed E-state index contributed by atoms with van der Waals surface area (Å²) in [7, 11) is 0. The lowest BCUT2D eigenvalue weighted by atomic mass is 9.97. The van der Waals surface area contributed by atoms with E-state index in [0.29, 0.717) is 18.4 Å². The van der Waals surface area contributed by atoms with E-state index < -0.39 is 0 Å². The van der Waals surface area contributed by atoms with Crippen LogP contribution in [0.1, 0.15) is 36.0 Å². The van der Waals surface area contributed by atoms with Crippen molar-refractivity contribution in [2.45, 2.75) is 25.7 Å². The molecule has 5 heteroatoms. The van der Waals surface area contributed by atoms with Crippen LogP contribution >= 0.6 is 0 Å². The van der Waals surface area contributed by atoms with Gasteiger partial charge < -0.3 is 5.11 Å². The first-order valence-electron chi connectivity index (χ1n) is 5.81. The maximum Gasteiger partial charge on any atom is 0.271 e. The third kappa shape index (κ3) is 3.16. The van der Waals surface area contributed by atoms with Gasteiger partial charge in [0.05, 0.1) is 0 Å². The molecule has 0 aliphatic heterocycles. The maximum atomic E-state index is 11.7. The Morgan fingerprint density at radius 3 is 2.61 bits per heavy atom. The van der Waals surface area contributed by atoms with E-state index in [1.54, 1.807) is 0 Å². The second-order valence-electron chi connectivity index (χ2n) is 4.23. The Morgan fingerprint density at radius 2 is 1.94 bits per heavy atom. The highest BCUT2D eigenvalue weighted by Gasteiger charge is 2.14. The van der Waals surface area contributed by atoms with E-state index in [4.69, 9.17) is 5.11 Å². The Hall–Kier alpha value is -2.17. The van der Waals surface area contributed by atoms with Crippen LogP contribution in [0.25, 0.3) is 0 Å². The molecule has 1 fully saturated rings. The largest absolute Gasteiger partial charge is 0.508 e. The first-order chi connectivity index (χ1) is 8.65. The van der Waals surface area contributed by atoms with Crippen molar-refractivity contribution in [3.8, 4) is 5.75 Å². The van der Waals surface area contributed by atoms with Crippen LogP contribution in [0.4, 0.5) is 0 Å². The van der Waals surface area contributed by atoms with Crippen molar-refractivity contribution < 1.29 is 14.7 Å². The van der Waals surface area contributed by atoms with Gasteiger partial charge in [0.15, 0.2) is 0 Å². The summed E-state index contributed by atoms with van der Waals surface area (Å²) in [6, 6.07) is 5.89. The summed E-state index contributed by atoms with van der Waals surface area (Å²) in [6.07, 6.45) is 2.48. The van der Waals surface area contributed by atoms with Crippen LogP contribution in [0.5, 0.6) is 5.75 Å². The lowest BCUT2D eigenvalue weighted by Gasteiger charge is -2.11. The minimum Gasteiger partial charge on any atom is -0.508 e. The van der Waals surface area contributed by atoms with E-state index in [9.17, 15) is 9.59 Å². The molecule has 0 saturated heterocycles. The summed E-state index contributed by atoms with van der Waals surface area (Å²) in [5.74, 6) is -0.0739. The zero-order valence-corrected chi connectivity index (χ0v) is 9.85. The van der Waals surface area contributed by atoms with Gasteiger partial charge in [-0.25, -0.2) is 5.43 Å². The number of aromatic hydroxyl groups is 1. The maximum absolute atomic E-state index is 11.7. The highest BCUT2D eigenvalue weighted by molar-refractivity contribution is 6.04. The number of carbonyl (C=O) groups is 2. The number of nitrogens with one attached hydrogen (secondary N) is 1. The number of carbonyl (C=O) groups excluding carboxylic acids is 2. The Balaban J connectivity index is 1.97. The fourth-order valence-corrected chi connectivity index (χ4v) is 1.80. The van der Waals surface area contributed by atoms with Crippen molar-refractivity contribution in [1.82, 2.24) is 5.43 Å². The molecular formula is C13H14N2O3. The summed E-state index contributed by atoms with van der Waals surface area (Å²) in [5.41, 5.74) is 3.56. The van der Waals surface area contributed by atoms with Gasteiger partial charge >= 0.3 is 0 Å². The average molecular weight is 246 g/mol. The van der Waals surface area contributed by atoms with Gasteiger partial charge in [-0.2, -0.15) is 5.10 Å². The van der Waals surface area contributed by atoms with Crippen molar-refractivity contribution in [1.29, 1.82) is 0 Å². The summed E-state index contributed by atoms with van der Waals surface area (Å²) < 4.78 is 0. The first kappa shape index (κ1) is 12.3. The number of Topliss-reactive ketones (excluding diaryl/α,β-unsaturated/α-hetero) is 1. The fraction of sp³-hybridized carbons (Fsp3) is 0.308. The molecule has 0 radical (unpaired) electrons. The molecule has 18 heavy (non-hydrogen) atoms. The molecule has 0 atom stereocenters. The zero-order chi connectivity index (χ0) is 13.0. The molecule has 1 aliphatic carbocycles. The first-order valence-corrected chi connectivity index (χ1v) is 5.81. The van der Waals surface area contributed by atoms with Crippen molar-refractivity contribution in [2.24, 2.45) is 5.10 Å². The highest BCUT2D eigenvalue weighted by atomic mass is 16.3. The quantitative estimate of drug-likeness (QED) is 0.778. The summed E-state index contributed by atoms with van der Waals surface area (Å²) in [5, 5.41) is 13.1. The van der Waals surface area contributed by atoms with Gasteiger partial charge in [0, 0.05) is 24.1 Å². The fourth-order valence-electron chi connectivity index (χ4n) is 1.80. The van der Waals surface area contributed by atoms with Crippen LogP contribution in [0.2, 0.25) is 0 Å². The molecular weight excluding hydrogens is 232 g/mol. The zero-order valence-electron chi connectivity index (χ0n) is 9.85. The average Bonchev–Trinajstić information content (AvgIpc) is 2.37. The Kier molecular flexibility index (Phi) is 3.72. The lowest BCUT2D eigenvalue weighted by molar-refractivity contribution is -0.118. The monoisotopic (exact) mass is 246 g/mol. The topological polar surface area (TPSA) is 78.8 Å². The molecule has 0 aromatic heterocycles. The van der Waals surface area contributed by atoms with Crippen LogP contribution in [-0.2, 0) is 4.79 Å². The summed E-state index contributed by atoms with van der Waals surface area (Å²) >= 11 is 0. The van der Waals surface area contributed by atoms with Crippen LogP contribution in [0.15, 0.2) is 29.4 Å². The van der Waals surface area contributed by atoms with Crippen LogP contribution in [0, 0.1) is 0 Å². The van der Waals surface area contributed by atoms with Crippen molar-refractivity contribution >= 4 is 17.4 Å². The smallest absolute Gasteiger partial charge is 0.271 e. The number of ketones is 1. The minimum atomic E-state index is -0.347. The number of phenolic OH excluding ortho intramolecular Hbond substituents is 1. The molecule has 2 N–H and O–H groups in total. The highest BCUT2D eigenvalue weighted by Crippen LogP contribution is 2.12. The SMILES string of the molecule is O=C1CCC/C(=N\NC(=O)c2ccc(O)cc2)C1. The van der Waals surface area contributed by atoms with E-state index in [-0.39, 0.29) is 17.4 Å². The molecule has 1 saturated carbocycles. The number of benzene rings is 1. The van der Waals surface area contributed by atoms with Crippen LogP contribution < -0.4 is 5.43 Å². The molecule has 1 aromatic carbocycles. The van der Waals surface area contributed by atoms with E-state index in [1.807, 2.05) is 0 Å². The number of hydrogen-bond donors (Lipinski definition) is 2. The molecule has 0 spiro atoms. The summed E-state index contributed by atoms with van der Waals surface area (Å²) in [4.78, 5) is 22.9. The molecule has 1 aromatic rings. The second-order valence-corrected chi connectivity index (χ2v) is 4.23. The molecule has 94 valence electrons. The third-order valence-corrected chi connectivity index (χ3v) is 2.77. The number of rotatable bonds is 2. The molecule has 1 amide bonds. The Labute approximate surface area is 105 Å². The number of hydrazone groups is 1. The van der Waals surface area contributed by atoms with Gasteiger partial charge in [0.2, 0.25) is 0 Å². The van der Waals surface area contributed by atoms with E-state index in [1.165, 1.54) is 24.3 Å². The molecule has 0 unspecified atom stereocenters. The predicted octanol–water partition coefficient (Wildman–Crippen LogP) is 1.62. The number of phenols is 1. The van der Waals surface area contributed by atoms with Gasteiger partial charge in [0.1, 0.15) is 11.5 Å².